The number of halogens is 1. The van der Waals surface area contributed by atoms with Gasteiger partial charge in [0.2, 0.25) is 0 Å². The number of hydrogen-bond donors (Lipinski definition) is 1. The lowest BCUT2D eigenvalue weighted by Gasteiger charge is -2.14. The van der Waals surface area contributed by atoms with Gasteiger partial charge in [-0.2, -0.15) is 0 Å². The van der Waals surface area contributed by atoms with Crippen molar-refractivity contribution in [2.24, 2.45) is 0 Å². The van der Waals surface area contributed by atoms with Crippen LogP contribution in [0.3, 0.4) is 0 Å². The topological polar surface area (TPSA) is 66.5 Å². The summed E-state index contributed by atoms with van der Waals surface area (Å²) in [7, 11) is 0. The monoisotopic (exact) mass is 404 g/mol. The lowest BCUT2D eigenvalue weighted by molar-refractivity contribution is 0.0642. The third-order valence-electron chi connectivity index (χ3n) is 4.95. The van der Waals surface area contributed by atoms with E-state index in [1.165, 1.54) is 4.90 Å². The van der Waals surface area contributed by atoms with Crippen molar-refractivity contribution in [2.45, 2.75) is 13.5 Å². The highest BCUT2D eigenvalue weighted by molar-refractivity contribution is 6.31. The minimum atomic E-state index is -0.302. The van der Waals surface area contributed by atoms with Crippen LogP contribution in [0.2, 0.25) is 5.02 Å². The molecule has 0 atom stereocenters. The molecule has 0 spiro atoms. The Morgan fingerprint density at radius 3 is 2.14 bits per heavy atom. The maximum absolute atomic E-state index is 12.5. The Kier molecular flexibility index (Phi) is 4.91. The normalized spacial score (nSPS) is 12.8. The minimum absolute atomic E-state index is 0.154. The summed E-state index contributed by atoms with van der Waals surface area (Å²) in [5.74, 6) is -0.865. The Balaban J connectivity index is 1.47. The molecule has 0 radical (unpaired) electrons. The van der Waals surface area contributed by atoms with Crippen molar-refractivity contribution in [3.8, 4) is 0 Å². The maximum Gasteiger partial charge on any atom is 0.261 e. The van der Waals surface area contributed by atoms with Gasteiger partial charge in [0, 0.05) is 16.3 Å². The lowest BCUT2D eigenvalue weighted by Crippen LogP contribution is -2.29. The number of fused-ring (bicyclic) bond motifs is 1. The van der Waals surface area contributed by atoms with Crippen LogP contribution in [0.25, 0.3) is 0 Å². The van der Waals surface area contributed by atoms with E-state index in [-0.39, 0.29) is 24.3 Å². The molecule has 0 unspecified atom stereocenters. The van der Waals surface area contributed by atoms with Crippen LogP contribution in [-0.2, 0) is 6.54 Å². The Morgan fingerprint density at radius 2 is 1.52 bits per heavy atom. The largest absolute Gasteiger partial charge is 0.322 e. The number of amides is 3. The molecule has 3 aromatic carbocycles. The van der Waals surface area contributed by atoms with Crippen LogP contribution in [0.1, 0.15) is 42.2 Å². The van der Waals surface area contributed by atoms with Gasteiger partial charge in [0.05, 0.1) is 17.7 Å². The summed E-state index contributed by atoms with van der Waals surface area (Å²) in [5, 5.41) is 3.43. The molecule has 0 fully saturated rings. The van der Waals surface area contributed by atoms with E-state index in [0.717, 1.165) is 11.1 Å². The first-order valence-corrected chi connectivity index (χ1v) is 9.44. The SMILES string of the molecule is Cc1c(Cl)cccc1NC(=O)c1ccc(CN2C(=O)c3ccccc3C2=O)cc1. The molecule has 0 bridgehead atoms. The van der Waals surface area contributed by atoms with Crippen LogP contribution >= 0.6 is 11.6 Å². The highest BCUT2D eigenvalue weighted by atomic mass is 35.5. The summed E-state index contributed by atoms with van der Waals surface area (Å²) in [6.45, 7) is 1.99. The summed E-state index contributed by atoms with van der Waals surface area (Å²) < 4.78 is 0. The molecule has 1 N–H and O–H groups in total. The fraction of sp³-hybridized carbons (Fsp3) is 0.0870. The molecule has 0 aliphatic carbocycles. The zero-order valence-electron chi connectivity index (χ0n) is 15.6. The highest BCUT2D eigenvalue weighted by Gasteiger charge is 2.34. The van der Waals surface area contributed by atoms with E-state index in [4.69, 9.17) is 11.6 Å². The van der Waals surface area contributed by atoms with Crippen LogP contribution in [0, 0.1) is 6.92 Å². The van der Waals surface area contributed by atoms with Gasteiger partial charge in [0.1, 0.15) is 0 Å². The summed E-state index contributed by atoms with van der Waals surface area (Å²) in [6.07, 6.45) is 0. The Labute approximate surface area is 172 Å². The van der Waals surface area contributed by atoms with Gasteiger partial charge in [-0.1, -0.05) is 41.9 Å². The van der Waals surface area contributed by atoms with Crippen LogP contribution in [0.4, 0.5) is 5.69 Å². The van der Waals surface area contributed by atoms with Gasteiger partial charge < -0.3 is 5.32 Å². The smallest absolute Gasteiger partial charge is 0.261 e. The third-order valence-corrected chi connectivity index (χ3v) is 5.36. The zero-order valence-corrected chi connectivity index (χ0v) is 16.4. The number of carbonyl (C=O) groups is 3. The molecule has 4 rings (SSSR count). The zero-order chi connectivity index (χ0) is 20.5. The molecular formula is C23H17ClN2O3. The highest BCUT2D eigenvalue weighted by Crippen LogP contribution is 2.25. The molecule has 3 aromatic rings. The molecule has 1 aliphatic heterocycles. The van der Waals surface area contributed by atoms with E-state index in [9.17, 15) is 14.4 Å². The predicted octanol–water partition coefficient (Wildman–Crippen LogP) is 4.70. The van der Waals surface area contributed by atoms with Crippen LogP contribution in [-0.4, -0.2) is 22.6 Å². The second-order valence-corrected chi connectivity index (χ2v) is 7.21. The second kappa shape index (κ2) is 7.53. The molecule has 144 valence electrons. The summed E-state index contributed by atoms with van der Waals surface area (Å²) >= 11 is 6.09. The van der Waals surface area contributed by atoms with E-state index in [2.05, 4.69) is 5.32 Å². The summed E-state index contributed by atoms with van der Waals surface area (Å²) in [4.78, 5) is 38.7. The molecule has 5 nitrogen and oxygen atoms in total. The predicted molar refractivity (Wildman–Crippen MR) is 111 cm³/mol. The van der Waals surface area contributed by atoms with Crippen LogP contribution in [0.5, 0.6) is 0 Å². The number of hydrogen-bond acceptors (Lipinski definition) is 3. The first-order chi connectivity index (χ1) is 14.0. The van der Waals surface area contributed by atoms with E-state index in [0.29, 0.717) is 27.4 Å². The van der Waals surface area contributed by atoms with Crippen molar-refractivity contribution in [1.82, 2.24) is 4.90 Å². The van der Waals surface area contributed by atoms with E-state index < -0.39 is 0 Å². The van der Waals surface area contributed by atoms with Gasteiger partial charge in [-0.25, -0.2) is 0 Å². The first-order valence-electron chi connectivity index (χ1n) is 9.06. The van der Waals surface area contributed by atoms with Gasteiger partial charge in [-0.05, 0) is 54.4 Å². The molecule has 6 heteroatoms. The van der Waals surface area contributed by atoms with E-state index in [1.807, 2.05) is 6.92 Å². The van der Waals surface area contributed by atoms with Crippen molar-refractivity contribution in [3.05, 3.63) is 99.6 Å². The van der Waals surface area contributed by atoms with Crippen molar-refractivity contribution in [3.63, 3.8) is 0 Å². The Bertz CT molecular complexity index is 1100. The van der Waals surface area contributed by atoms with Crippen LogP contribution in [0.15, 0.2) is 66.7 Å². The Morgan fingerprint density at radius 1 is 0.897 bits per heavy atom. The number of nitrogens with one attached hydrogen (secondary N) is 1. The van der Waals surface area contributed by atoms with Crippen molar-refractivity contribution in [2.75, 3.05) is 5.32 Å². The molecule has 0 aromatic heterocycles. The lowest BCUT2D eigenvalue weighted by atomic mass is 10.1. The maximum atomic E-state index is 12.5. The van der Waals surface area contributed by atoms with Gasteiger partial charge in [-0.3, -0.25) is 19.3 Å². The second-order valence-electron chi connectivity index (χ2n) is 6.81. The Hall–Kier alpha value is -3.44. The van der Waals surface area contributed by atoms with Crippen molar-refractivity contribution >= 4 is 35.0 Å². The third kappa shape index (κ3) is 3.52. The van der Waals surface area contributed by atoms with Gasteiger partial charge >= 0.3 is 0 Å². The van der Waals surface area contributed by atoms with E-state index >= 15 is 0 Å². The standard InChI is InChI=1S/C23H17ClN2O3/c1-14-19(24)7-4-8-20(14)25-21(27)16-11-9-15(10-12-16)13-26-22(28)17-5-2-3-6-18(17)23(26)29/h2-12H,13H2,1H3,(H,25,27). The fourth-order valence-electron chi connectivity index (χ4n) is 3.26. The number of imide groups is 1. The number of carbonyl (C=O) groups excluding carboxylic acids is 3. The van der Waals surface area contributed by atoms with Gasteiger partial charge in [-0.15, -0.1) is 0 Å². The minimum Gasteiger partial charge on any atom is -0.322 e. The van der Waals surface area contributed by atoms with Gasteiger partial charge in [0.15, 0.2) is 0 Å². The number of nitrogens with zero attached hydrogens (tertiary/aromatic N) is 1. The van der Waals surface area contributed by atoms with E-state index in [1.54, 1.807) is 66.7 Å². The number of benzene rings is 3. The molecule has 29 heavy (non-hydrogen) atoms. The summed E-state index contributed by atoms with van der Waals surface area (Å²) in [5.41, 5.74) is 3.52. The molecule has 3 amide bonds. The first kappa shape index (κ1) is 18.9. The molecular weight excluding hydrogens is 388 g/mol. The average Bonchev–Trinajstić information content (AvgIpc) is 2.97. The molecule has 0 saturated carbocycles. The van der Waals surface area contributed by atoms with Gasteiger partial charge in [0.25, 0.3) is 17.7 Å². The summed E-state index contributed by atoms with van der Waals surface area (Å²) in [6, 6.07) is 18.9. The number of anilines is 1. The molecule has 0 saturated heterocycles. The number of rotatable bonds is 4. The van der Waals surface area contributed by atoms with Crippen LogP contribution < -0.4 is 5.32 Å². The van der Waals surface area contributed by atoms with Crippen molar-refractivity contribution in [1.29, 1.82) is 0 Å². The molecule has 1 aliphatic rings. The molecule has 1 heterocycles. The van der Waals surface area contributed by atoms with Crippen molar-refractivity contribution < 1.29 is 14.4 Å². The fourth-order valence-corrected chi connectivity index (χ4v) is 3.44. The average molecular weight is 405 g/mol. The quantitative estimate of drug-likeness (QED) is 0.641.